The Hall–Kier alpha value is -2.84. The maximum atomic E-state index is 12.4. The molecule has 1 heterocycles. The van der Waals surface area contributed by atoms with Crippen molar-refractivity contribution in [2.75, 3.05) is 34.5 Å². The normalized spacial score (nSPS) is 11.6. The summed E-state index contributed by atoms with van der Waals surface area (Å²) in [7, 11) is 4.82. The van der Waals surface area contributed by atoms with Gasteiger partial charge in [0.05, 0.1) is 31.0 Å². The van der Waals surface area contributed by atoms with E-state index in [1.165, 1.54) is 11.3 Å². The monoisotopic (exact) mass is 402 g/mol. The number of methoxy groups -OCH3 is 3. The van der Waals surface area contributed by atoms with Crippen LogP contribution in [0.2, 0.25) is 0 Å². The average molecular weight is 402 g/mol. The van der Waals surface area contributed by atoms with E-state index in [2.05, 4.69) is 4.99 Å². The molecule has 0 saturated heterocycles. The first-order chi connectivity index (χ1) is 13.7. The van der Waals surface area contributed by atoms with Gasteiger partial charge in [-0.15, -0.1) is 0 Å². The molecule has 3 aromatic rings. The van der Waals surface area contributed by atoms with Crippen molar-refractivity contribution >= 4 is 27.5 Å². The number of rotatable bonds is 8. The van der Waals surface area contributed by atoms with Crippen LogP contribution in [0.3, 0.4) is 0 Å². The number of fused-ring (bicyclic) bond motifs is 1. The number of amides is 1. The molecule has 0 radical (unpaired) electrons. The van der Waals surface area contributed by atoms with Gasteiger partial charge in [-0.2, -0.15) is 4.99 Å². The zero-order chi connectivity index (χ0) is 19.9. The molecule has 28 heavy (non-hydrogen) atoms. The van der Waals surface area contributed by atoms with Gasteiger partial charge >= 0.3 is 0 Å². The van der Waals surface area contributed by atoms with Crippen LogP contribution in [0.25, 0.3) is 10.2 Å². The van der Waals surface area contributed by atoms with E-state index in [1.54, 1.807) is 33.5 Å². The fraction of sp³-hybridized carbons (Fsp3) is 0.300. The van der Waals surface area contributed by atoms with E-state index in [1.807, 2.05) is 34.9 Å². The van der Waals surface area contributed by atoms with Crippen molar-refractivity contribution < 1.29 is 23.7 Å². The zero-order valence-electron chi connectivity index (χ0n) is 16.0. The van der Waals surface area contributed by atoms with Crippen LogP contribution >= 0.6 is 11.3 Å². The summed E-state index contributed by atoms with van der Waals surface area (Å²) in [5, 5.41) is 0. The Morgan fingerprint density at radius 1 is 1.07 bits per heavy atom. The third-order valence-electron chi connectivity index (χ3n) is 4.05. The maximum Gasteiger partial charge on any atom is 0.286 e. The minimum atomic E-state index is -0.379. The number of thiazole rings is 1. The average Bonchev–Trinajstić information content (AvgIpc) is 3.06. The second-order valence-corrected chi connectivity index (χ2v) is 6.82. The second-order valence-electron chi connectivity index (χ2n) is 5.81. The summed E-state index contributed by atoms with van der Waals surface area (Å²) in [6.45, 7) is 0.918. The Kier molecular flexibility index (Phi) is 6.67. The molecule has 1 aromatic heterocycles. The third-order valence-corrected chi connectivity index (χ3v) is 5.09. The predicted molar refractivity (Wildman–Crippen MR) is 107 cm³/mol. The number of carbonyl (C=O) groups is 1. The van der Waals surface area contributed by atoms with Crippen LogP contribution in [0.4, 0.5) is 0 Å². The van der Waals surface area contributed by atoms with Gasteiger partial charge in [0.15, 0.2) is 22.9 Å². The van der Waals surface area contributed by atoms with E-state index in [9.17, 15) is 4.79 Å². The zero-order valence-corrected chi connectivity index (χ0v) is 16.8. The summed E-state index contributed by atoms with van der Waals surface area (Å²) in [6, 6.07) is 12.9. The van der Waals surface area contributed by atoms with Crippen LogP contribution in [0, 0.1) is 0 Å². The number of benzene rings is 2. The maximum absolute atomic E-state index is 12.4. The number of hydrogen-bond acceptors (Lipinski definition) is 6. The minimum Gasteiger partial charge on any atom is -0.497 e. The topological polar surface area (TPSA) is 71.3 Å². The number of ether oxygens (including phenoxy) is 4. The van der Waals surface area contributed by atoms with Gasteiger partial charge in [-0.05, 0) is 30.3 Å². The highest BCUT2D eigenvalue weighted by Gasteiger charge is 2.10. The molecule has 0 fully saturated rings. The Balaban J connectivity index is 1.87. The molecule has 0 unspecified atom stereocenters. The van der Waals surface area contributed by atoms with Crippen LogP contribution in [0.5, 0.6) is 17.2 Å². The lowest BCUT2D eigenvalue weighted by Gasteiger charge is -2.08. The van der Waals surface area contributed by atoms with E-state index in [0.29, 0.717) is 29.5 Å². The van der Waals surface area contributed by atoms with E-state index in [0.717, 1.165) is 16.0 Å². The summed E-state index contributed by atoms with van der Waals surface area (Å²) < 4.78 is 24.2. The van der Waals surface area contributed by atoms with Crippen molar-refractivity contribution in [2.45, 2.75) is 6.54 Å². The SMILES string of the molecule is COCCn1c(=NC(=O)COc2ccccc2OC)sc2cc(OC)ccc21. The van der Waals surface area contributed by atoms with Crippen LogP contribution in [0.15, 0.2) is 47.5 Å². The lowest BCUT2D eigenvalue weighted by Crippen LogP contribution is -2.21. The first-order valence-corrected chi connectivity index (χ1v) is 9.47. The molecule has 8 heteroatoms. The van der Waals surface area contributed by atoms with E-state index < -0.39 is 0 Å². The summed E-state index contributed by atoms with van der Waals surface area (Å²) >= 11 is 1.42. The highest BCUT2D eigenvalue weighted by molar-refractivity contribution is 7.16. The molecule has 148 valence electrons. The summed E-state index contributed by atoms with van der Waals surface area (Å²) in [5.74, 6) is 1.45. The van der Waals surface area contributed by atoms with Crippen LogP contribution in [-0.4, -0.2) is 45.0 Å². The van der Waals surface area contributed by atoms with Crippen LogP contribution in [-0.2, 0) is 16.1 Å². The van der Waals surface area contributed by atoms with Gasteiger partial charge in [-0.1, -0.05) is 23.5 Å². The number of carbonyl (C=O) groups excluding carboxylic acids is 1. The van der Waals surface area contributed by atoms with Crippen molar-refractivity contribution in [3.05, 3.63) is 47.3 Å². The first kappa shape index (κ1) is 19.9. The molecular weight excluding hydrogens is 380 g/mol. The van der Waals surface area contributed by atoms with Gasteiger partial charge in [0.25, 0.3) is 5.91 Å². The van der Waals surface area contributed by atoms with Crippen molar-refractivity contribution in [1.29, 1.82) is 0 Å². The molecule has 1 amide bonds. The molecule has 0 aliphatic carbocycles. The second kappa shape index (κ2) is 9.38. The fourth-order valence-corrected chi connectivity index (χ4v) is 3.78. The highest BCUT2D eigenvalue weighted by atomic mass is 32.1. The Bertz CT molecular complexity index is 1020. The fourth-order valence-electron chi connectivity index (χ4n) is 2.68. The van der Waals surface area contributed by atoms with Gasteiger partial charge < -0.3 is 23.5 Å². The lowest BCUT2D eigenvalue weighted by molar-refractivity contribution is -0.120. The molecule has 0 aliphatic rings. The van der Waals surface area contributed by atoms with Crippen molar-refractivity contribution in [3.63, 3.8) is 0 Å². The molecule has 3 rings (SSSR count). The number of nitrogens with zero attached hydrogens (tertiary/aromatic N) is 2. The van der Waals surface area contributed by atoms with Gasteiger partial charge in [-0.3, -0.25) is 4.79 Å². The van der Waals surface area contributed by atoms with Crippen molar-refractivity contribution in [2.24, 2.45) is 4.99 Å². The van der Waals surface area contributed by atoms with E-state index >= 15 is 0 Å². The van der Waals surface area contributed by atoms with Crippen molar-refractivity contribution in [1.82, 2.24) is 4.57 Å². The minimum absolute atomic E-state index is 0.178. The molecule has 0 aliphatic heterocycles. The van der Waals surface area contributed by atoms with Gasteiger partial charge in [0.1, 0.15) is 5.75 Å². The van der Waals surface area contributed by atoms with E-state index in [4.69, 9.17) is 18.9 Å². The molecule has 2 aromatic carbocycles. The summed E-state index contributed by atoms with van der Waals surface area (Å²) in [6.07, 6.45) is 0. The molecule has 0 N–H and O–H groups in total. The summed E-state index contributed by atoms with van der Waals surface area (Å²) in [5.41, 5.74) is 0.972. The Morgan fingerprint density at radius 3 is 2.57 bits per heavy atom. The van der Waals surface area contributed by atoms with Gasteiger partial charge in [0.2, 0.25) is 0 Å². The first-order valence-electron chi connectivity index (χ1n) is 8.66. The van der Waals surface area contributed by atoms with Crippen LogP contribution in [0.1, 0.15) is 0 Å². The lowest BCUT2D eigenvalue weighted by atomic mass is 10.3. The smallest absolute Gasteiger partial charge is 0.286 e. The number of hydrogen-bond donors (Lipinski definition) is 0. The van der Waals surface area contributed by atoms with Gasteiger partial charge in [-0.25, -0.2) is 0 Å². The molecule has 0 atom stereocenters. The Morgan fingerprint density at radius 2 is 1.86 bits per heavy atom. The van der Waals surface area contributed by atoms with Gasteiger partial charge in [0, 0.05) is 13.7 Å². The molecule has 0 spiro atoms. The third kappa shape index (κ3) is 4.52. The Labute approximate surface area is 166 Å². The largest absolute Gasteiger partial charge is 0.497 e. The molecule has 0 saturated carbocycles. The molecule has 0 bridgehead atoms. The summed E-state index contributed by atoms with van der Waals surface area (Å²) in [4.78, 5) is 17.3. The molecule has 7 nitrogen and oxygen atoms in total. The quantitative estimate of drug-likeness (QED) is 0.579. The number of aromatic nitrogens is 1. The standard InChI is InChI=1S/C20H22N2O5S/c1-24-11-10-22-15-9-8-14(25-2)12-18(15)28-20(22)21-19(23)13-27-17-7-5-4-6-16(17)26-3/h4-9,12H,10-11,13H2,1-3H3. The predicted octanol–water partition coefficient (Wildman–Crippen LogP) is 2.87. The van der Waals surface area contributed by atoms with E-state index in [-0.39, 0.29) is 12.5 Å². The number of para-hydroxylation sites is 2. The van der Waals surface area contributed by atoms with Crippen LogP contribution < -0.4 is 19.0 Å². The molecular formula is C20H22N2O5S. The highest BCUT2D eigenvalue weighted by Crippen LogP contribution is 2.26. The van der Waals surface area contributed by atoms with Crippen molar-refractivity contribution in [3.8, 4) is 17.2 Å².